The van der Waals surface area contributed by atoms with Gasteiger partial charge in [0.25, 0.3) is 0 Å². The number of benzene rings is 3. The highest BCUT2D eigenvalue weighted by molar-refractivity contribution is 5.93. The SMILES string of the molecule is CCN(CC)CCCC(=O)Nc1ccc(C(=Cc2ccccc2)c2ccccc2)cc1. The standard InChI is InChI=1S/C28H32N2O/c1-3-30(4-2)21-11-16-28(31)29-26-19-17-25(18-20-26)27(24-14-9-6-10-15-24)22-23-12-7-5-8-13-23/h5-10,12-15,17-20,22H,3-4,11,16,21H2,1-2H3,(H,29,31). The number of rotatable bonds is 10. The summed E-state index contributed by atoms with van der Waals surface area (Å²) in [6, 6.07) is 28.9. The van der Waals surface area contributed by atoms with Crippen molar-refractivity contribution in [2.24, 2.45) is 0 Å². The summed E-state index contributed by atoms with van der Waals surface area (Å²) in [5.41, 5.74) is 5.44. The van der Waals surface area contributed by atoms with Crippen LogP contribution in [0.2, 0.25) is 0 Å². The Hall–Kier alpha value is -3.17. The molecule has 1 amide bonds. The van der Waals surface area contributed by atoms with Crippen LogP contribution >= 0.6 is 0 Å². The molecule has 0 heterocycles. The predicted molar refractivity (Wildman–Crippen MR) is 132 cm³/mol. The molecule has 0 saturated heterocycles. The molecule has 3 rings (SSSR count). The molecule has 160 valence electrons. The molecule has 0 aliphatic rings. The molecule has 3 aromatic rings. The van der Waals surface area contributed by atoms with Gasteiger partial charge in [0.15, 0.2) is 0 Å². The van der Waals surface area contributed by atoms with Crippen LogP contribution in [-0.2, 0) is 4.79 Å². The normalized spacial score (nSPS) is 11.5. The van der Waals surface area contributed by atoms with Crippen LogP contribution in [0, 0.1) is 0 Å². The minimum Gasteiger partial charge on any atom is -0.326 e. The van der Waals surface area contributed by atoms with Crippen molar-refractivity contribution in [2.75, 3.05) is 25.0 Å². The Morgan fingerprint density at radius 3 is 2.00 bits per heavy atom. The van der Waals surface area contributed by atoms with Crippen molar-refractivity contribution in [3.8, 4) is 0 Å². The van der Waals surface area contributed by atoms with Gasteiger partial charge in [-0.25, -0.2) is 0 Å². The summed E-state index contributed by atoms with van der Waals surface area (Å²) in [5, 5.41) is 3.03. The van der Waals surface area contributed by atoms with Gasteiger partial charge in [0, 0.05) is 12.1 Å². The molecule has 0 aliphatic heterocycles. The largest absolute Gasteiger partial charge is 0.326 e. The maximum atomic E-state index is 12.3. The molecule has 0 aromatic heterocycles. The first-order chi connectivity index (χ1) is 15.2. The van der Waals surface area contributed by atoms with E-state index in [4.69, 9.17) is 0 Å². The number of nitrogens with zero attached hydrogens (tertiary/aromatic N) is 1. The van der Waals surface area contributed by atoms with E-state index in [9.17, 15) is 4.79 Å². The quantitative estimate of drug-likeness (QED) is 0.394. The monoisotopic (exact) mass is 412 g/mol. The Balaban J connectivity index is 1.70. The zero-order chi connectivity index (χ0) is 21.9. The van der Waals surface area contributed by atoms with E-state index >= 15 is 0 Å². The molecule has 0 aliphatic carbocycles. The van der Waals surface area contributed by atoms with Gasteiger partial charge >= 0.3 is 0 Å². The Labute approximate surface area is 186 Å². The lowest BCUT2D eigenvalue weighted by atomic mass is 9.95. The fraction of sp³-hybridized carbons (Fsp3) is 0.250. The van der Waals surface area contributed by atoms with Crippen LogP contribution in [0.4, 0.5) is 5.69 Å². The smallest absolute Gasteiger partial charge is 0.224 e. The Kier molecular flexibility index (Phi) is 8.62. The van der Waals surface area contributed by atoms with Crippen molar-refractivity contribution in [1.29, 1.82) is 0 Å². The number of nitrogens with one attached hydrogen (secondary N) is 1. The third kappa shape index (κ3) is 6.94. The van der Waals surface area contributed by atoms with Gasteiger partial charge in [-0.2, -0.15) is 0 Å². The summed E-state index contributed by atoms with van der Waals surface area (Å²) in [6.07, 6.45) is 3.63. The second kappa shape index (κ2) is 11.9. The van der Waals surface area contributed by atoms with Gasteiger partial charge in [0.2, 0.25) is 5.91 Å². The van der Waals surface area contributed by atoms with E-state index in [2.05, 4.69) is 78.7 Å². The summed E-state index contributed by atoms with van der Waals surface area (Å²) < 4.78 is 0. The van der Waals surface area contributed by atoms with Gasteiger partial charge in [0.05, 0.1) is 0 Å². The van der Waals surface area contributed by atoms with Crippen LogP contribution in [0.1, 0.15) is 43.4 Å². The second-order valence-corrected chi connectivity index (χ2v) is 7.59. The Morgan fingerprint density at radius 1 is 0.806 bits per heavy atom. The fourth-order valence-corrected chi connectivity index (χ4v) is 3.63. The molecule has 31 heavy (non-hydrogen) atoms. The Bertz CT molecular complexity index is 959. The molecule has 3 nitrogen and oxygen atoms in total. The number of hydrogen-bond donors (Lipinski definition) is 1. The van der Waals surface area contributed by atoms with E-state index in [0.29, 0.717) is 6.42 Å². The number of amides is 1. The zero-order valence-electron chi connectivity index (χ0n) is 18.6. The third-order valence-electron chi connectivity index (χ3n) is 5.45. The number of hydrogen-bond acceptors (Lipinski definition) is 2. The first-order valence-electron chi connectivity index (χ1n) is 11.1. The molecule has 0 fully saturated rings. The van der Waals surface area contributed by atoms with Crippen LogP contribution in [0.15, 0.2) is 84.9 Å². The van der Waals surface area contributed by atoms with E-state index in [1.54, 1.807) is 0 Å². The summed E-state index contributed by atoms with van der Waals surface area (Å²) in [4.78, 5) is 14.7. The summed E-state index contributed by atoms with van der Waals surface area (Å²) in [5.74, 6) is 0.0722. The summed E-state index contributed by atoms with van der Waals surface area (Å²) in [6.45, 7) is 7.33. The second-order valence-electron chi connectivity index (χ2n) is 7.59. The van der Waals surface area contributed by atoms with Crippen LogP contribution in [0.5, 0.6) is 0 Å². The van der Waals surface area contributed by atoms with Crippen molar-refractivity contribution < 1.29 is 4.79 Å². The maximum absolute atomic E-state index is 12.3. The number of anilines is 1. The Morgan fingerprint density at radius 2 is 1.39 bits per heavy atom. The van der Waals surface area contributed by atoms with Crippen molar-refractivity contribution >= 4 is 23.2 Å². The molecule has 0 bridgehead atoms. The van der Waals surface area contributed by atoms with Gasteiger partial charge in [-0.05, 0) is 66.5 Å². The van der Waals surface area contributed by atoms with Crippen molar-refractivity contribution in [3.63, 3.8) is 0 Å². The zero-order valence-corrected chi connectivity index (χ0v) is 18.6. The van der Waals surface area contributed by atoms with E-state index in [0.717, 1.165) is 48.4 Å². The van der Waals surface area contributed by atoms with Crippen LogP contribution in [0.25, 0.3) is 11.6 Å². The van der Waals surface area contributed by atoms with Crippen molar-refractivity contribution in [1.82, 2.24) is 4.90 Å². The number of carbonyl (C=O) groups is 1. The highest BCUT2D eigenvalue weighted by Crippen LogP contribution is 2.27. The number of carbonyl (C=O) groups excluding carboxylic acids is 1. The van der Waals surface area contributed by atoms with Gasteiger partial charge in [-0.15, -0.1) is 0 Å². The molecule has 0 atom stereocenters. The van der Waals surface area contributed by atoms with Crippen molar-refractivity contribution in [3.05, 3.63) is 102 Å². The lowest BCUT2D eigenvalue weighted by Gasteiger charge is -2.17. The fourth-order valence-electron chi connectivity index (χ4n) is 3.63. The van der Waals surface area contributed by atoms with Gasteiger partial charge in [0.1, 0.15) is 0 Å². The lowest BCUT2D eigenvalue weighted by Crippen LogP contribution is -2.25. The van der Waals surface area contributed by atoms with Gasteiger partial charge < -0.3 is 10.2 Å². The van der Waals surface area contributed by atoms with Crippen LogP contribution in [-0.4, -0.2) is 30.4 Å². The first-order valence-corrected chi connectivity index (χ1v) is 11.1. The highest BCUT2D eigenvalue weighted by atomic mass is 16.1. The van der Waals surface area contributed by atoms with Crippen LogP contribution in [0.3, 0.4) is 0 Å². The average molecular weight is 413 g/mol. The van der Waals surface area contributed by atoms with Crippen LogP contribution < -0.4 is 5.32 Å². The molecule has 0 spiro atoms. The summed E-state index contributed by atoms with van der Waals surface area (Å²) >= 11 is 0. The topological polar surface area (TPSA) is 32.3 Å². The van der Waals surface area contributed by atoms with E-state index in [-0.39, 0.29) is 5.91 Å². The predicted octanol–water partition coefficient (Wildman–Crippen LogP) is 6.34. The van der Waals surface area contributed by atoms with Gasteiger partial charge in [-0.3, -0.25) is 4.79 Å². The molecule has 0 unspecified atom stereocenters. The third-order valence-corrected chi connectivity index (χ3v) is 5.45. The van der Waals surface area contributed by atoms with Crippen molar-refractivity contribution in [2.45, 2.75) is 26.7 Å². The minimum atomic E-state index is 0.0722. The lowest BCUT2D eigenvalue weighted by molar-refractivity contribution is -0.116. The molecule has 0 saturated carbocycles. The van der Waals surface area contributed by atoms with Gasteiger partial charge in [-0.1, -0.05) is 86.6 Å². The van der Waals surface area contributed by atoms with E-state index < -0.39 is 0 Å². The molecule has 3 aromatic carbocycles. The first kappa shape index (κ1) is 22.5. The molecular weight excluding hydrogens is 380 g/mol. The maximum Gasteiger partial charge on any atom is 0.224 e. The van der Waals surface area contributed by atoms with E-state index in [1.165, 1.54) is 5.56 Å². The molecule has 1 N–H and O–H groups in total. The molecule has 0 radical (unpaired) electrons. The molecular formula is C28H32N2O. The highest BCUT2D eigenvalue weighted by Gasteiger charge is 2.08. The minimum absolute atomic E-state index is 0.0722. The average Bonchev–Trinajstić information content (AvgIpc) is 2.82. The summed E-state index contributed by atoms with van der Waals surface area (Å²) in [7, 11) is 0. The molecule has 3 heteroatoms. The van der Waals surface area contributed by atoms with E-state index in [1.807, 2.05) is 36.4 Å².